The standard InChI is InChI=1S/C34H47N3O3/c1-2-3-22-37-32(39)30(31(38)28-17-11-6-12-18-28)35-33(40)34(37)20-24-36(25-21-34)23-19-29(26-13-7-4-8-14-26)27-15-9-5-10-16-27/h4-5,7-10,13-16,28-31,38H,2-3,6,11-12,17-25H2,1H3,(H,35,40)/t30-,31-/m1/s1. The van der Waals surface area contributed by atoms with Gasteiger partial charge < -0.3 is 20.2 Å². The molecule has 0 radical (unpaired) electrons. The minimum atomic E-state index is -0.811. The van der Waals surface area contributed by atoms with Crippen LogP contribution < -0.4 is 5.32 Å². The van der Waals surface area contributed by atoms with E-state index in [1.807, 2.05) is 4.90 Å². The van der Waals surface area contributed by atoms with Crippen LogP contribution >= 0.6 is 0 Å². The highest BCUT2D eigenvalue weighted by molar-refractivity contribution is 6.00. The molecule has 2 N–H and O–H groups in total. The molecule has 0 bridgehead atoms. The summed E-state index contributed by atoms with van der Waals surface area (Å²) >= 11 is 0. The second kappa shape index (κ2) is 13.3. The van der Waals surface area contributed by atoms with Crippen molar-refractivity contribution >= 4 is 11.8 Å². The molecule has 2 saturated heterocycles. The van der Waals surface area contributed by atoms with E-state index in [1.165, 1.54) is 17.5 Å². The Morgan fingerprint density at radius 1 is 0.900 bits per heavy atom. The van der Waals surface area contributed by atoms with Crippen LogP contribution in [0.15, 0.2) is 60.7 Å². The highest BCUT2D eigenvalue weighted by Gasteiger charge is 2.55. The van der Waals surface area contributed by atoms with Gasteiger partial charge in [0.2, 0.25) is 11.8 Å². The number of hydrogen-bond acceptors (Lipinski definition) is 4. The number of carbonyl (C=O) groups excluding carboxylic acids is 2. The van der Waals surface area contributed by atoms with Crippen molar-refractivity contribution in [3.8, 4) is 0 Å². The molecule has 2 aliphatic heterocycles. The Morgan fingerprint density at radius 3 is 2.08 bits per heavy atom. The first-order chi connectivity index (χ1) is 19.5. The molecule has 6 nitrogen and oxygen atoms in total. The summed E-state index contributed by atoms with van der Waals surface area (Å²) in [4.78, 5) is 32.0. The summed E-state index contributed by atoms with van der Waals surface area (Å²) in [6.45, 7) is 5.22. The molecular formula is C34H47N3O3. The highest BCUT2D eigenvalue weighted by atomic mass is 16.3. The summed E-state index contributed by atoms with van der Waals surface area (Å²) in [5, 5.41) is 14.2. The molecule has 3 fully saturated rings. The Kier molecular flexibility index (Phi) is 9.59. The molecule has 1 spiro atoms. The van der Waals surface area contributed by atoms with Crippen molar-refractivity contribution in [2.24, 2.45) is 5.92 Å². The topological polar surface area (TPSA) is 72.9 Å². The fourth-order valence-corrected chi connectivity index (χ4v) is 7.31. The van der Waals surface area contributed by atoms with Gasteiger partial charge in [0.1, 0.15) is 11.6 Å². The number of piperazine rings is 1. The van der Waals surface area contributed by atoms with Crippen molar-refractivity contribution < 1.29 is 14.7 Å². The minimum Gasteiger partial charge on any atom is -0.390 e. The molecule has 3 aliphatic rings. The molecular weight excluding hydrogens is 498 g/mol. The second-order valence-corrected chi connectivity index (χ2v) is 12.2. The Hall–Kier alpha value is -2.70. The van der Waals surface area contributed by atoms with Crippen molar-refractivity contribution in [2.45, 2.75) is 94.7 Å². The van der Waals surface area contributed by atoms with Gasteiger partial charge in [-0.2, -0.15) is 0 Å². The number of aliphatic hydroxyl groups is 1. The lowest BCUT2D eigenvalue weighted by molar-refractivity contribution is -0.165. The zero-order valence-corrected chi connectivity index (χ0v) is 24.1. The molecule has 2 atom stereocenters. The fourth-order valence-electron chi connectivity index (χ4n) is 7.31. The normalized spacial score (nSPS) is 23.0. The Bertz CT molecular complexity index is 1050. The van der Waals surface area contributed by atoms with Gasteiger partial charge in [0.15, 0.2) is 0 Å². The van der Waals surface area contributed by atoms with E-state index in [2.05, 4.69) is 77.8 Å². The summed E-state index contributed by atoms with van der Waals surface area (Å²) in [7, 11) is 0. The lowest BCUT2D eigenvalue weighted by atomic mass is 9.77. The Morgan fingerprint density at radius 2 is 1.50 bits per heavy atom. The van der Waals surface area contributed by atoms with Crippen molar-refractivity contribution in [3.05, 3.63) is 71.8 Å². The third-order valence-corrected chi connectivity index (χ3v) is 9.79. The average Bonchev–Trinajstić information content (AvgIpc) is 3.01. The van der Waals surface area contributed by atoms with Gasteiger partial charge in [0.25, 0.3) is 0 Å². The summed E-state index contributed by atoms with van der Waals surface area (Å²) in [5.74, 6) is 0.275. The molecule has 6 heteroatoms. The largest absolute Gasteiger partial charge is 0.390 e. The molecule has 2 amide bonds. The molecule has 0 aromatic heterocycles. The maximum Gasteiger partial charge on any atom is 0.248 e. The van der Waals surface area contributed by atoms with Crippen molar-refractivity contribution in [1.82, 2.24) is 15.1 Å². The third kappa shape index (κ3) is 6.13. The summed E-state index contributed by atoms with van der Waals surface area (Å²) in [6, 6.07) is 20.6. The predicted octanol–water partition coefficient (Wildman–Crippen LogP) is 5.11. The van der Waals surface area contributed by atoms with Gasteiger partial charge in [-0.05, 0) is 62.1 Å². The molecule has 40 heavy (non-hydrogen) atoms. The first kappa shape index (κ1) is 28.8. The van der Waals surface area contributed by atoms with Crippen molar-refractivity contribution in [1.29, 1.82) is 0 Å². The van der Waals surface area contributed by atoms with E-state index >= 15 is 0 Å². The molecule has 1 aliphatic carbocycles. The SMILES string of the molecule is CCCCN1C(=O)[C@@H]([C@H](O)C2CCCCC2)NC(=O)C12CCN(CCC(c1ccccc1)c1ccccc1)CC2. The number of carbonyl (C=O) groups is 2. The number of nitrogens with zero attached hydrogens (tertiary/aromatic N) is 2. The molecule has 2 heterocycles. The van der Waals surface area contributed by atoms with E-state index in [9.17, 15) is 14.7 Å². The molecule has 0 unspecified atom stereocenters. The first-order valence-corrected chi connectivity index (χ1v) is 15.7. The second-order valence-electron chi connectivity index (χ2n) is 12.2. The summed E-state index contributed by atoms with van der Waals surface area (Å²) in [5.41, 5.74) is 1.85. The van der Waals surface area contributed by atoms with Gasteiger partial charge in [0, 0.05) is 25.6 Å². The van der Waals surface area contributed by atoms with E-state index in [-0.39, 0.29) is 17.7 Å². The van der Waals surface area contributed by atoms with Crippen molar-refractivity contribution in [3.63, 3.8) is 0 Å². The minimum absolute atomic E-state index is 0.0610. The number of rotatable bonds is 10. The number of unbranched alkanes of at least 4 members (excludes halogenated alkanes) is 1. The van der Waals surface area contributed by atoms with E-state index in [1.54, 1.807) is 0 Å². The van der Waals surface area contributed by atoms with Gasteiger partial charge in [0.05, 0.1) is 6.10 Å². The van der Waals surface area contributed by atoms with Gasteiger partial charge in [-0.1, -0.05) is 93.3 Å². The van der Waals surface area contributed by atoms with Crippen LogP contribution in [0.5, 0.6) is 0 Å². The van der Waals surface area contributed by atoms with Crippen LogP contribution in [0.4, 0.5) is 0 Å². The summed E-state index contributed by atoms with van der Waals surface area (Å²) < 4.78 is 0. The quantitative estimate of drug-likeness (QED) is 0.435. The van der Waals surface area contributed by atoms with Gasteiger partial charge in [-0.3, -0.25) is 9.59 Å². The maximum atomic E-state index is 13.9. The number of hydrogen-bond donors (Lipinski definition) is 2. The van der Waals surface area contributed by atoms with E-state index in [4.69, 9.17) is 0 Å². The predicted molar refractivity (Wildman–Crippen MR) is 159 cm³/mol. The molecule has 1 saturated carbocycles. The molecule has 216 valence electrons. The number of likely N-dealkylation sites (tertiary alicyclic amines) is 1. The first-order valence-electron chi connectivity index (χ1n) is 15.7. The lowest BCUT2D eigenvalue weighted by Gasteiger charge is -2.52. The third-order valence-electron chi connectivity index (χ3n) is 9.79. The highest BCUT2D eigenvalue weighted by Crippen LogP contribution is 2.37. The number of benzene rings is 2. The van der Waals surface area contributed by atoms with E-state index in [0.717, 1.165) is 64.6 Å². The number of piperidine rings is 1. The van der Waals surface area contributed by atoms with Crippen LogP contribution in [0.25, 0.3) is 0 Å². The zero-order valence-electron chi connectivity index (χ0n) is 24.1. The van der Waals surface area contributed by atoms with Crippen LogP contribution in [0, 0.1) is 5.92 Å². The number of amides is 2. The van der Waals surface area contributed by atoms with Crippen LogP contribution in [-0.2, 0) is 9.59 Å². The van der Waals surface area contributed by atoms with Crippen LogP contribution in [-0.4, -0.2) is 70.6 Å². The maximum absolute atomic E-state index is 13.9. The van der Waals surface area contributed by atoms with Gasteiger partial charge in [-0.15, -0.1) is 0 Å². The number of nitrogens with one attached hydrogen (secondary N) is 1. The Labute approximate surface area is 240 Å². The number of aliphatic hydroxyl groups excluding tert-OH is 1. The van der Waals surface area contributed by atoms with E-state index in [0.29, 0.717) is 25.3 Å². The molecule has 2 aromatic rings. The Balaban J connectivity index is 1.26. The molecule has 2 aromatic carbocycles. The van der Waals surface area contributed by atoms with Crippen LogP contribution in [0.2, 0.25) is 0 Å². The zero-order chi connectivity index (χ0) is 28.0. The lowest BCUT2D eigenvalue weighted by Crippen LogP contribution is -2.75. The average molecular weight is 546 g/mol. The summed E-state index contributed by atoms with van der Waals surface area (Å²) in [6.07, 6.45) is 8.55. The van der Waals surface area contributed by atoms with Crippen LogP contribution in [0.3, 0.4) is 0 Å². The van der Waals surface area contributed by atoms with Crippen molar-refractivity contribution in [2.75, 3.05) is 26.2 Å². The van der Waals surface area contributed by atoms with Crippen LogP contribution in [0.1, 0.15) is 88.2 Å². The van der Waals surface area contributed by atoms with Gasteiger partial charge in [-0.25, -0.2) is 0 Å². The smallest absolute Gasteiger partial charge is 0.248 e. The van der Waals surface area contributed by atoms with E-state index < -0.39 is 17.7 Å². The monoisotopic (exact) mass is 545 g/mol. The fraction of sp³-hybridized carbons (Fsp3) is 0.588. The van der Waals surface area contributed by atoms with Gasteiger partial charge >= 0.3 is 0 Å². The molecule has 5 rings (SSSR count).